The molecule has 0 bridgehead atoms. The van der Waals surface area contributed by atoms with E-state index in [-0.39, 0.29) is 19.3 Å². The van der Waals surface area contributed by atoms with Crippen LogP contribution in [0.1, 0.15) is 30.9 Å². The Morgan fingerprint density at radius 3 is 2.70 bits per heavy atom. The summed E-state index contributed by atoms with van der Waals surface area (Å²) in [5.41, 5.74) is 0.392. The van der Waals surface area contributed by atoms with Crippen molar-refractivity contribution in [3.8, 4) is 5.75 Å². The molecule has 0 amide bonds. The molecule has 1 aromatic carbocycles. The minimum atomic E-state index is -0.622. The van der Waals surface area contributed by atoms with Gasteiger partial charge in [-0.25, -0.2) is 0 Å². The van der Waals surface area contributed by atoms with Gasteiger partial charge >= 0.3 is 0 Å². The van der Waals surface area contributed by atoms with Gasteiger partial charge in [0.05, 0.1) is 30.4 Å². The van der Waals surface area contributed by atoms with E-state index < -0.39 is 5.54 Å². The molecule has 0 unspecified atom stereocenters. The van der Waals surface area contributed by atoms with Gasteiger partial charge in [-0.2, -0.15) is 0 Å². The predicted octanol–water partition coefficient (Wildman–Crippen LogP) is 2.67. The van der Waals surface area contributed by atoms with Crippen molar-refractivity contribution in [1.29, 1.82) is 0 Å². The maximum Gasteiger partial charge on any atom is 0.138 e. The lowest BCUT2D eigenvalue weighted by Gasteiger charge is -2.26. The maximum absolute atomic E-state index is 9.52. The normalized spacial score (nSPS) is 20.0. The van der Waals surface area contributed by atoms with Gasteiger partial charge < -0.3 is 25.0 Å². The number of hydrogen-bond acceptors (Lipinski definition) is 5. The first kappa shape index (κ1) is 19.0. The number of aliphatic hydroxyl groups is 2. The van der Waals surface area contributed by atoms with Crippen LogP contribution in [-0.2, 0) is 4.74 Å². The highest BCUT2D eigenvalue weighted by molar-refractivity contribution is 9.10. The third kappa shape index (κ3) is 4.59. The molecule has 1 aromatic rings. The molecule has 0 spiro atoms. The van der Waals surface area contributed by atoms with Crippen LogP contribution in [0.15, 0.2) is 16.6 Å². The molecule has 1 saturated heterocycles. The third-order valence-corrected chi connectivity index (χ3v) is 5.16. The van der Waals surface area contributed by atoms with Gasteiger partial charge in [-0.1, -0.05) is 27.5 Å². The highest BCUT2D eigenvalue weighted by Gasteiger charge is 2.38. The molecule has 0 aliphatic carbocycles. The van der Waals surface area contributed by atoms with E-state index in [1.165, 1.54) is 0 Å². The zero-order valence-corrected chi connectivity index (χ0v) is 15.5. The van der Waals surface area contributed by atoms with Gasteiger partial charge in [0.25, 0.3) is 0 Å². The first-order valence-electron chi connectivity index (χ1n) is 7.65. The summed E-state index contributed by atoms with van der Waals surface area (Å²) in [6.07, 6.45) is 2.33. The van der Waals surface area contributed by atoms with Crippen LogP contribution in [0.4, 0.5) is 0 Å². The van der Waals surface area contributed by atoms with E-state index in [4.69, 9.17) is 21.1 Å². The molecule has 0 aromatic heterocycles. The average Bonchev–Trinajstić information content (AvgIpc) is 2.98. The van der Waals surface area contributed by atoms with Gasteiger partial charge in [0, 0.05) is 30.7 Å². The molecule has 5 nitrogen and oxygen atoms in total. The van der Waals surface area contributed by atoms with E-state index in [0.29, 0.717) is 30.4 Å². The minimum Gasteiger partial charge on any atom is -0.492 e. The standard InChI is InChI=1S/C16H23BrClNO4/c1-22-5-2-6-23-15-7-11(12(17)8-13(15)18)14-3-4-16(9-20,10-21)19-14/h7-8,14,19-21H,2-6,9-10H2,1H3/t14-/m1/s1. The Balaban J connectivity index is 2.13. The van der Waals surface area contributed by atoms with Crippen LogP contribution in [0.2, 0.25) is 5.02 Å². The molecule has 1 fully saturated rings. The maximum atomic E-state index is 9.52. The van der Waals surface area contributed by atoms with Crippen molar-refractivity contribution >= 4 is 27.5 Å². The Morgan fingerprint density at radius 2 is 2.09 bits per heavy atom. The first-order chi connectivity index (χ1) is 11.0. The number of rotatable bonds is 8. The second-order valence-electron chi connectivity index (χ2n) is 5.83. The third-order valence-electron chi connectivity index (χ3n) is 4.17. The summed E-state index contributed by atoms with van der Waals surface area (Å²) in [6.45, 7) is 0.988. The van der Waals surface area contributed by atoms with Gasteiger partial charge in [0.1, 0.15) is 5.75 Å². The second-order valence-corrected chi connectivity index (χ2v) is 7.09. The number of nitrogens with one attached hydrogen (secondary N) is 1. The van der Waals surface area contributed by atoms with Crippen LogP contribution in [0.5, 0.6) is 5.75 Å². The number of methoxy groups -OCH3 is 1. The van der Waals surface area contributed by atoms with Gasteiger partial charge in [0.15, 0.2) is 0 Å². The van der Waals surface area contributed by atoms with Crippen LogP contribution in [0.25, 0.3) is 0 Å². The van der Waals surface area contributed by atoms with Gasteiger partial charge in [-0.05, 0) is 30.5 Å². The lowest BCUT2D eigenvalue weighted by Crippen LogP contribution is -2.47. The topological polar surface area (TPSA) is 71.0 Å². The zero-order chi connectivity index (χ0) is 16.9. The molecule has 1 aliphatic rings. The summed E-state index contributed by atoms with van der Waals surface area (Å²) in [6, 6.07) is 3.77. The lowest BCUT2D eigenvalue weighted by molar-refractivity contribution is 0.102. The largest absolute Gasteiger partial charge is 0.492 e. The monoisotopic (exact) mass is 407 g/mol. The summed E-state index contributed by atoms with van der Waals surface area (Å²) < 4.78 is 11.6. The second kappa shape index (κ2) is 8.65. The molecule has 0 radical (unpaired) electrons. The number of aliphatic hydroxyl groups excluding tert-OH is 2. The Labute approximate surface area is 150 Å². The summed E-state index contributed by atoms with van der Waals surface area (Å²) >= 11 is 9.79. The summed E-state index contributed by atoms with van der Waals surface area (Å²) in [7, 11) is 1.66. The lowest BCUT2D eigenvalue weighted by atomic mass is 10.00. The van der Waals surface area contributed by atoms with E-state index in [9.17, 15) is 10.2 Å². The molecule has 2 rings (SSSR count). The SMILES string of the molecule is COCCCOc1cc([C@H]2CCC(CO)(CO)N2)c(Br)cc1Cl. The molecular formula is C16H23BrClNO4. The number of hydrogen-bond donors (Lipinski definition) is 3. The van der Waals surface area contributed by atoms with E-state index >= 15 is 0 Å². The van der Waals surface area contributed by atoms with E-state index in [1.54, 1.807) is 7.11 Å². The highest BCUT2D eigenvalue weighted by atomic mass is 79.9. The fourth-order valence-corrected chi connectivity index (χ4v) is 3.74. The van der Waals surface area contributed by atoms with Crippen molar-refractivity contribution in [1.82, 2.24) is 5.32 Å². The quantitative estimate of drug-likeness (QED) is 0.577. The number of benzene rings is 1. The predicted molar refractivity (Wildman–Crippen MR) is 93.2 cm³/mol. The van der Waals surface area contributed by atoms with Crippen molar-refractivity contribution in [2.45, 2.75) is 30.8 Å². The van der Waals surface area contributed by atoms with E-state index in [0.717, 1.165) is 22.9 Å². The highest BCUT2D eigenvalue weighted by Crippen LogP contribution is 2.40. The average molecular weight is 409 g/mol. The Morgan fingerprint density at radius 1 is 1.35 bits per heavy atom. The number of ether oxygens (including phenoxy) is 2. The molecule has 0 saturated carbocycles. The Bertz CT molecular complexity index is 525. The summed E-state index contributed by atoms with van der Waals surface area (Å²) in [4.78, 5) is 0. The first-order valence-corrected chi connectivity index (χ1v) is 8.82. The van der Waals surface area contributed by atoms with Crippen molar-refractivity contribution < 1.29 is 19.7 Å². The van der Waals surface area contributed by atoms with Crippen LogP contribution in [0, 0.1) is 0 Å². The molecule has 1 aliphatic heterocycles. The molecule has 130 valence electrons. The fraction of sp³-hybridized carbons (Fsp3) is 0.625. The molecule has 3 N–H and O–H groups in total. The fourth-order valence-electron chi connectivity index (χ4n) is 2.78. The molecule has 23 heavy (non-hydrogen) atoms. The molecule has 7 heteroatoms. The van der Waals surface area contributed by atoms with Crippen molar-refractivity contribution in [2.75, 3.05) is 33.5 Å². The molecule has 1 atom stereocenters. The van der Waals surface area contributed by atoms with Crippen LogP contribution in [0.3, 0.4) is 0 Å². The van der Waals surface area contributed by atoms with E-state index in [2.05, 4.69) is 21.2 Å². The Kier molecular flexibility index (Phi) is 7.13. The van der Waals surface area contributed by atoms with Crippen LogP contribution >= 0.6 is 27.5 Å². The number of halogens is 2. The smallest absolute Gasteiger partial charge is 0.138 e. The van der Waals surface area contributed by atoms with Crippen molar-refractivity contribution in [3.63, 3.8) is 0 Å². The minimum absolute atomic E-state index is 0.0299. The van der Waals surface area contributed by atoms with Gasteiger partial charge in [-0.15, -0.1) is 0 Å². The Hall–Kier alpha value is -0.370. The van der Waals surface area contributed by atoms with Gasteiger partial charge in [0.2, 0.25) is 0 Å². The molecular weight excluding hydrogens is 386 g/mol. The molecule has 1 heterocycles. The summed E-state index contributed by atoms with van der Waals surface area (Å²) in [5.74, 6) is 0.633. The zero-order valence-electron chi connectivity index (χ0n) is 13.1. The van der Waals surface area contributed by atoms with Crippen LogP contribution < -0.4 is 10.1 Å². The van der Waals surface area contributed by atoms with Crippen LogP contribution in [-0.4, -0.2) is 49.3 Å². The van der Waals surface area contributed by atoms with Crippen molar-refractivity contribution in [3.05, 3.63) is 27.2 Å². The van der Waals surface area contributed by atoms with E-state index in [1.807, 2.05) is 12.1 Å². The summed E-state index contributed by atoms with van der Waals surface area (Å²) in [5, 5.41) is 22.9. The van der Waals surface area contributed by atoms with Crippen molar-refractivity contribution in [2.24, 2.45) is 0 Å². The van der Waals surface area contributed by atoms with Gasteiger partial charge in [-0.3, -0.25) is 0 Å².